The lowest BCUT2D eigenvalue weighted by atomic mass is 9.86. The van der Waals surface area contributed by atoms with Crippen LogP contribution >= 0.6 is 0 Å². The van der Waals surface area contributed by atoms with Crippen molar-refractivity contribution >= 4 is 5.91 Å². The van der Waals surface area contributed by atoms with Gasteiger partial charge in [0.25, 0.3) is 0 Å². The van der Waals surface area contributed by atoms with Crippen molar-refractivity contribution in [2.75, 3.05) is 0 Å². The monoisotopic (exact) mass is 178 g/mol. The maximum atomic E-state index is 11.1. The topological polar surface area (TPSA) is 88.7 Å². The third kappa shape index (κ3) is 1.88. The first kappa shape index (κ1) is 9.34. The molecule has 1 amide bonds. The van der Waals surface area contributed by atoms with Crippen LogP contribution in [0.3, 0.4) is 0 Å². The fraction of sp³-hybridized carbons (Fsp3) is 0.625. The van der Waals surface area contributed by atoms with Crippen LogP contribution < -0.4 is 10.6 Å². The Hall–Kier alpha value is -1.75. The molecule has 3 atom stereocenters. The summed E-state index contributed by atoms with van der Waals surface area (Å²) in [5, 5.41) is 22.1. The molecule has 1 heterocycles. The fourth-order valence-electron chi connectivity index (χ4n) is 1.47. The number of hydrogen-bond acceptors (Lipinski definition) is 4. The van der Waals surface area contributed by atoms with Gasteiger partial charge < -0.3 is 10.6 Å². The van der Waals surface area contributed by atoms with Crippen LogP contribution in [-0.4, -0.2) is 12.1 Å². The molecule has 68 valence electrons. The highest BCUT2D eigenvalue weighted by molar-refractivity contribution is 5.77. The SMILES string of the molecule is CC1CC(=O)NC(NC#N)C1C#N. The Kier molecular flexibility index (Phi) is 2.71. The van der Waals surface area contributed by atoms with Gasteiger partial charge in [0.2, 0.25) is 5.91 Å². The van der Waals surface area contributed by atoms with Crippen molar-refractivity contribution < 1.29 is 4.79 Å². The molecule has 0 aromatic carbocycles. The molecule has 0 aliphatic carbocycles. The molecule has 0 radical (unpaired) electrons. The molecular weight excluding hydrogens is 168 g/mol. The summed E-state index contributed by atoms with van der Waals surface area (Å²) in [6, 6.07) is 2.08. The van der Waals surface area contributed by atoms with Crippen LogP contribution in [0.4, 0.5) is 0 Å². The zero-order valence-corrected chi connectivity index (χ0v) is 7.24. The first-order valence-electron chi connectivity index (χ1n) is 4.02. The summed E-state index contributed by atoms with van der Waals surface area (Å²) in [6.07, 6.45) is 1.54. The van der Waals surface area contributed by atoms with E-state index in [1.54, 1.807) is 6.19 Å². The van der Waals surface area contributed by atoms with Crippen LogP contribution in [0.25, 0.3) is 0 Å². The molecule has 0 spiro atoms. The molecule has 13 heavy (non-hydrogen) atoms. The summed E-state index contributed by atoms with van der Waals surface area (Å²) in [4.78, 5) is 11.1. The molecule has 2 N–H and O–H groups in total. The van der Waals surface area contributed by atoms with Gasteiger partial charge in [-0.05, 0) is 5.92 Å². The highest BCUT2D eigenvalue weighted by atomic mass is 16.1. The Morgan fingerprint density at radius 2 is 2.31 bits per heavy atom. The maximum absolute atomic E-state index is 11.1. The smallest absolute Gasteiger partial charge is 0.221 e. The number of nitrogens with one attached hydrogen (secondary N) is 2. The number of hydrogen-bond donors (Lipinski definition) is 2. The Labute approximate surface area is 76.3 Å². The molecule has 0 aromatic rings. The first-order valence-corrected chi connectivity index (χ1v) is 4.02. The Bertz CT molecular complexity index is 287. The van der Waals surface area contributed by atoms with E-state index in [0.29, 0.717) is 6.42 Å². The average molecular weight is 178 g/mol. The predicted octanol–water partition coefficient (Wildman–Crippen LogP) is -0.321. The summed E-state index contributed by atoms with van der Waals surface area (Å²) < 4.78 is 0. The van der Waals surface area contributed by atoms with Gasteiger partial charge in [-0.15, -0.1) is 0 Å². The van der Waals surface area contributed by atoms with E-state index in [2.05, 4.69) is 16.7 Å². The van der Waals surface area contributed by atoms with E-state index in [-0.39, 0.29) is 17.7 Å². The van der Waals surface area contributed by atoms with Gasteiger partial charge in [-0.25, -0.2) is 0 Å². The van der Waals surface area contributed by atoms with Crippen molar-refractivity contribution in [3.05, 3.63) is 0 Å². The molecule has 1 rings (SSSR count). The first-order chi connectivity index (χ1) is 6.19. The van der Waals surface area contributed by atoms with Crippen LogP contribution in [0.15, 0.2) is 0 Å². The van der Waals surface area contributed by atoms with E-state index in [1.807, 2.05) is 6.92 Å². The molecular formula is C8H10N4O. The zero-order valence-electron chi connectivity index (χ0n) is 7.24. The van der Waals surface area contributed by atoms with Crippen molar-refractivity contribution in [1.82, 2.24) is 10.6 Å². The maximum Gasteiger partial charge on any atom is 0.221 e. The number of rotatable bonds is 1. The second-order valence-corrected chi connectivity index (χ2v) is 3.14. The Morgan fingerprint density at radius 1 is 1.62 bits per heavy atom. The fourth-order valence-corrected chi connectivity index (χ4v) is 1.47. The lowest BCUT2D eigenvalue weighted by Gasteiger charge is -2.31. The second-order valence-electron chi connectivity index (χ2n) is 3.14. The summed E-state index contributed by atoms with van der Waals surface area (Å²) in [6.45, 7) is 1.83. The molecule has 3 unspecified atom stereocenters. The third-order valence-corrected chi connectivity index (χ3v) is 2.17. The van der Waals surface area contributed by atoms with E-state index in [9.17, 15) is 4.79 Å². The van der Waals surface area contributed by atoms with Crippen molar-refractivity contribution in [2.45, 2.75) is 19.5 Å². The summed E-state index contributed by atoms with van der Waals surface area (Å²) in [5.41, 5.74) is 0. The van der Waals surface area contributed by atoms with Gasteiger partial charge in [0.1, 0.15) is 6.17 Å². The van der Waals surface area contributed by atoms with Crippen molar-refractivity contribution in [1.29, 1.82) is 10.5 Å². The number of nitriles is 2. The highest BCUT2D eigenvalue weighted by Crippen LogP contribution is 2.21. The average Bonchev–Trinajstić information content (AvgIpc) is 2.04. The molecule has 1 aliphatic rings. The zero-order chi connectivity index (χ0) is 9.84. The van der Waals surface area contributed by atoms with Gasteiger partial charge in [-0.3, -0.25) is 4.79 Å². The molecule has 0 aromatic heterocycles. The lowest BCUT2D eigenvalue weighted by molar-refractivity contribution is -0.125. The quantitative estimate of drug-likeness (QED) is 0.425. The minimum Gasteiger partial charge on any atom is -0.334 e. The molecule has 5 nitrogen and oxygen atoms in total. The number of piperidine rings is 1. The van der Waals surface area contributed by atoms with Crippen LogP contribution in [0.1, 0.15) is 13.3 Å². The molecule has 0 saturated carbocycles. The molecule has 5 heteroatoms. The summed E-state index contributed by atoms with van der Waals surface area (Å²) in [7, 11) is 0. The Balaban J connectivity index is 2.74. The van der Waals surface area contributed by atoms with Crippen LogP contribution in [0.5, 0.6) is 0 Å². The number of carbonyl (C=O) groups excluding carboxylic acids is 1. The van der Waals surface area contributed by atoms with Gasteiger partial charge in [-0.2, -0.15) is 10.5 Å². The Morgan fingerprint density at radius 3 is 2.85 bits per heavy atom. The minimum absolute atomic E-state index is 0.00963. The summed E-state index contributed by atoms with van der Waals surface area (Å²) >= 11 is 0. The lowest BCUT2D eigenvalue weighted by Crippen LogP contribution is -2.54. The number of carbonyl (C=O) groups is 1. The van der Waals surface area contributed by atoms with Crippen LogP contribution in [-0.2, 0) is 4.79 Å². The third-order valence-electron chi connectivity index (χ3n) is 2.17. The minimum atomic E-state index is -0.536. The number of amides is 1. The number of nitrogens with zero attached hydrogens (tertiary/aromatic N) is 2. The molecule has 0 bridgehead atoms. The largest absolute Gasteiger partial charge is 0.334 e. The normalized spacial score (nSPS) is 32.5. The second kappa shape index (κ2) is 3.77. The highest BCUT2D eigenvalue weighted by Gasteiger charge is 2.34. The van der Waals surface area contributed by atoms with Crippen LogP contribution in [0, 0.1) is 34.6 Å². The van der Waals surface area contributed by atoms with E-state index in [0.717, 1.165) is 0 Å². The van der Waals surface area contributed by atoms with Gasteiger partial charge >= 0.3 is 0 Å². The van der Waals surface area contributed by atoms with E-state index >= 15 is 0 Å². The van der Waals surface area contributed by atoms with Gasteiger partial charge in [-0.1, -0.05) is 6.92 Å². The van der Waals surface area contributed by atoms with Crippen LogP contribution in [0.2, 0.25) is 0 Å². The van der Waals surface area contributed by atoms with E-state index < -0.39 is 6.17 Å². The molecule has 1 saturated heterocycles. The van der Waals surface area contributed by atoms with E-state index in [1.165, 1.54) is 0 Å². The van der Waals surface area contributed by atoms with Crippen molar-refractivity contribution in [3.8, 4) is 12.3 Å². The van der Waals surface area contributed by atoms with Crippen molar-refractivity contribution in [3.63, 3.8) is 0 Å². The molecule has 1 aliphatic heterocycles. The van der Waals surface area contributed by atoms with Gasteiger partial charge in [0, 0.05) is 6.42 Å². The van der Waals surface area contributed by atoms with Gasteiger partial charge in [0.15, 0.2) is 6.19 Å². The molecule has 1 fully saturated rings. The van der Waals surface area contributed by atoms with E-state index in [4.69, 9.17) is 10.5 Å². The van der Waals surface area contributed by atoms with Crippen molar-refractivity contribution in [2.24, 2.45) is 11.8 Å². The summed E-state index contributed by atoms with van der Waals surface area (Å²) in [5.74, 6) is -0.464. The standard InChI is InChI=1S/C8H10N4O/c1-5-2-7(13)12-8(11-4-10)6(5)3-9/h5-6,8,11H,2H2,1H3,(H,12,13). The predicted molar refractivity (Wildman–Crippen MR) is 43.6 cm³/mol. The van der Waals surface area contributed by atoms with Gasteiger partial charge in [0.05, 0.1) is 12.0 Å².